The largest absolute Gasteiger partial charge is 0.358 e. The Bertz CT molecular complexity index is 528. The number of aromatic nitrogens is 1. The van der Waals surface area contributed by atoms with Crippen LogP contribution in [0.15, 0.2) is 24.3 Å². The molecule has 0 atom stereocenters. The summed E-state index contributed by atoms with van der Waals surface area (Å²) in [6.45, 7) is 9.63. The molecule has 1 heterocycles. The summed E-state index contributed by atoms with van der Waals surface area (Å²) in [5, 5.41) is 4.81. The van der Waals surface area contributed by atoms with Gasteiger partial charge in [-0.15, -0.1) is 0 Å². The Morgan fingerprint density at radius 1 is 1.26 bits per heavy atom. The Hall–Kier alpha value is -1.32. The summed E-state index contributed by atoms with van der Waals surface area (Å²) in [7, 11) is 2.18. The molecule has 0 saturated carbocycles. The number of nitrogens with zero attached hydrogens (tertiary/aromatic N) is 1. The molecule has 2 rings (SSSR count). The zero-order valence-corrected chi connectivity index (χ0v) is 12.5. The van der Waals surface area contributed by atoms with Gasteiger partial charge < -0.3 is 15.2 Å². The summed E-state index contributed by atoms with van der Waals surface area (Å²) >= 11 is 0. The van der Waals surface area contributed by atoms with Crippen LogP contribution < -0.4 is 5.32 Å². The van der Waals surface area contributed by atoms with E-state index in [1.165, 1.54) is 22.2 Å². The van der Waals surface area contributed by atoms with E-state index in [4.69, 9.17) is 0 Å². The molecule has 0 aliphatic heterocycles. The first-order valence-corrected chi connectivity index (χ1v) is 7.06. The molecular weight excluding hydrogens is 234 g/mol. The number of likely N-dealkylation sites (N-methyl/N-ethyl adjacent to an activating group) is 1. The third kappa shape index (κ3) is 3.58. The van der Waals surface area contributed by atoms with E-state index in [-0.39, 0.29) is 0 Å². The monoisotopic (exact) mass is 259 g/mol. The van der Waals surface area contributed by atoms with E-state index in [1.54, 1.807) is 0 Å². The Balaban J connectivity index is 2.02. The van der Waals surface area contributed by atoms with Crippen molar-refractivity contribution in [2.75, 3.05) is 20.1 Å². The van der Waals surface area contributed by atoms with Crippen molar-refractivity contribution in [1.82, 2.24) is 15.2 Å². The molecule has 0 radical (unpaired) electrons. The molecule has 0 saturated heterocycles. The zero-order valence-electron chi connectivity index (χ0n) is 12.5. The van der Waals surface area contributed by atoms with Crippen LogP contribution in [0.25, 0.3) is 10.9 Å². The highest BCUT2D eigenvalue weighted by molar-refractivity contribution is 5.84. The van der Waals surface area contributed by atoms with Gasteiger partial charge in [0.15, 0.2) is 0 Å². The second kappa shape index (κ2) is 6.22. The summed E-state index contributed by atoms with van der Waals surface area (Å²) in [6, 6.07) is 9.10. The molecule has 0 aliphatic carbocycles. The van der Waals surface area contributed by atoms with E-state index in [9.17, 15) is 0 Å². The third-order valence-electron chi connectivity index (χ3n) is 3.50. The van der Waals surface area contributed by atoms with Crippen molar-refractivity contribution in [1.29, 1.82) is 0 Å². The van der Waals surface area contributed by atoms with E-state index in [1.807, 2.05) is 0 Å². The molecular formula is C16H25N3. The summed E-state index contributed by atoms with van der Waals surface area (Å²) in [4.78, 5) is 5.84. The average molecular weight is 259 g/mol. The standard InChI is InChI=1S/C16H25N3/c1-12(2)17-9-10-19(4)11-15-13(3)18-16-8-6-5-7-14(15)16/h5-8,12,17-18H,9-11H2,1-4H3. The Labute approximate surface area is 116 Å². The molecule has 1 aromatic carbocycles. The van der Waals surface area contributed by atoms with E-state index >= 15 is 0 Å². The number of hydrogen-bond donors (Lipinski definition) is 2. The van der Waals surface area contributed by atoms with Gasteiger partial charge in [-0.2, -0.15) is 0 Å². The van der Waals surface area contributed by atoms with Gasteiger partial charge in [0.05, 0.1) is 0 Å². The Morgan fingerprint density at radius 3 is 2.74 bits per heavy atom. The number of H-pyrrole nitrogens is 1. The normalized spacial score (nSPS) is 11.9. The number of nitrogens with one attached hydrogen (secondary N) is 2. The molecule has 0 spiro atoms. The number of fused-ring (bicyclic) bond motifs is 1. The van der Waals surface area contributed by atoms with Crippen molar-refractivity contribution >= 4 is 10.9 Å². The highest BCUT2D eigenvalue weighted by Gasteiger charge is 2.09. The van der Waals surface area contributed by atoms with Crippen molar-refractivity contribution in [3.8, 4) is 0 Å². The maximum absolute atomic E-state index is 3.46. The first-order valence-electron chi connectivity index (χ1n) is 7.06. The highest BCUT2D eigenvalue weighted by Crippen LogP contribution is 2.22. The van der Waals surface area contributed by atoms with Crippen LogP contribution >= 0.6 is 0 Å². The van der Waals surface area contributed by atoms with E-state index in [2.05, 4.69) is 67.3 Å². The van der Waals surface area contributed by atoms with Gasteiger partial charge in [0.1, 0.15) is 0 Å². The second-order valence-electron chi connectivity index (χ2n) is 5.62. The molecule has 0 unspecified atom stereocenters. The van der Waals surface area contributed by atoms with Crippen molar-refractivity contribution in [3.05, 3.63) is 35.5 Å². The predicted molar refractivity (Wildman–Crippen MR) is 82.5 cm³/mol. The summed E-state index contributed by atoms with van der Waals surface area (Å²) < 4.78 is 0. The van der Waals surface area contributed by atoms with Crippen molar-refractivity contribution < 1.29 is 0 Å². The number of para-hydroxylation sites is 1. The van der Waals surface area contributed by atoms with Gasteiger partial charge in [-0.25, -0.2) is 0 Å². The molecule has 0 amide bonds. The fraction of sp³-hybridized carbons (Fsp3) is 0.500. The lowest BCUT2D eigenvalue weighted by molar-refractivity contribution is 0.320. The predicted octanol–water partition coefficient (Wildman–Crippen LogP) is 2.91. The topological polar surface area (TPSA) is 31.1 Å². The molecule has 3 heteroatoms. The number of rotatable bonds is 6. The van der Waals surface area contributed by atoms with Crippen molar-refractivity contribution in [3.63, 3.8) is 0 Å². The quantitative estimate of drug-likeness (QED) is 0.836. The first kappa shape index (κ1) is 14.1. The van der Waals surface area contributed by atoms with Gasteiger partial charge in [-0.05, 0) is 25.6 Å². The van der Waals surface area contributed by atoms with Crippen LogP contribution in [0.5, 0.6) is 0 Å². The lowest BCUT2D eigenvalue weighted by atomic mass is 10.1. The third-order valence-corrected chi connectivity index (χ3v) is 3.50. The van der Waals surface area contributed by atoms with E-state index < -0.39 is 0 Å². The van der Waals surface area contributed by atoms with Gasteiger partial charge in [0.25, 0.3) is 0 Å². The Morgan fingerprint density at radius 2 is 2.00 bits per heavy atom. The minimum Gasteiger partial charge on any atom is -0.358 e. The van der Waals surface area contributed by atoms with Gasteiger partial charge in [0.2, 0.25) is 0 Å². The highest BCUT2D eigenvalue weighted by atomic mass is 15.1. The molecule has 2 N–H and O–H groups in total. The molecule has 1 aromatic heterocycles. The first-order chi connectivity index (χ1) is 9.08. The van der Waals surface area contributed by atoms with Crippen molar-refractivity contribution in [2.45, 2.75) is 33.4 Å². The lowest BCUT2D eigenvalue weighted by Crippen LogP contribution is -2.32. The van der Waals surface area contributed by atoms with E-state index in [0.717, 1.165) is 19.6 Å². The van der Waals surface area contributed by atoms with Crippen LogP contribution in [0.1, 0.15) is 25.1 Å². The maximum atomic E-state index is 3.46. The molecule has 19 heavy (non-hydrogen) atoms. The van der Waals surface area contributed by atoms with Crippen LogP contribution in [0.3, 0.4) is 0 Å². The number of hydrogen-bond acceptors (Lipinski definition) is 2. The van der Waals surface area contributed by atoms with Crippen LogP contribution in [0.4, 0.5) is 0 Å². The maximum Gasteiger partial charge on any atom is 0.0459 e. The molecule has 104 valence electrons. The van der Waals surface area contributed by atoms with Crippen LogP contribution in [-0.4, -0.2) is 36.1 Å². The van der Waals surface area contributed by atoms with Crippen LogP contribution in [0.2, 0.25) is 0 Å². The minimum absolute atomic E-state index is 0.559. The molecule has 3 nitrogen and oxygen atoms in total. The smallest absolute Gasteiger partial charge is 0.0459 e. The fourth-order valence-electron chi connectivity index (χ4n) is 2.43. The summed E-state index contributed by atoms with van der Waals surface area (Å²) in [5.74, 6) is 0. The molecule has 2 aromatic rings. The van der Waals surface area contributed by atoms with Gasteiger partial charge in [-0.1, -0.05) is 32.0 Å². The van der Waals surface area contributed by atoms with Gasteiger partial charge >= 0.3 is 0 Å². The number of aromatic amines is 1. The van der Waals surface area contributed by atoms with Crippen molar-refractivity contribution in [2.24, 2.45) is 0 Å². The van der Waals surface area contributed by atoms with Crippen LogP contribution in [-0.2, 0) is 6.54 Å². The molecule has 0 aliphatic rings. The van der Waals surface area contributed by atoms with Crippen LogP contribution in [0, 0.1) is 6.92 Å². The summed E-state index contributed by atoms with van der Waals surface area (Å²) in [6.07, 6.45) is 0. The lowest BCUT2D eigenvalue weighted by Gasteiger charge is -2.18. The molecule has 0 fully saturated rings. The average Bonchev–Trinajstić information content (AvgIpc) is 2.66. The van der Waals surface area contributed by atoms with E-state index in [0.29, 0.717) is 6.04 Å². The van der Waals surface area contributed by atoms with Gasteiger partial charge in [0, 0.05) is 42.3 Å². The minimum atomic E-state index is 0.559. The Kier molecular flexibility index (Phi) is 4.61. The second-order valence-corrected chi connectivity index (χ2v) is 5.62. The number of aryl methyl sites for hydroxylation is 1. The fourth-order valence-corrected chi connectivity index (χ4v) is 2.43. The molecule has 0 bridgehead atoms. The summed E-state index contributed by atoms with van der Waals surface area (Å²) in [5.41, 5.74) is 3.94. The zero-order chi connectivity index (χ0) is 13.8. The SMILES string of the molecule is Cc1[nH]c2ccccc2c1CN(C)CCNC(C)C. The number of benzene rings is 1. The van der Waals surface area contributed by atoms with Gasteiger partial charge in [-0.3, -0.25) is 0 Å².